The molecule has 4 bridgehead atoms. The molecule has 128 valence electrons. The van der Waals surface area contributed by atoms with Crippen molar-refractivity contribution in [3.8, 4) is 0 Å². The summed E-state index contributed by atoms with van der Waals surface area (Å²) in [4.78, 5) is 13.0. The van der Waals surface area contributed by atoms with Crippen molar-refractivity contribution in [1.29, 1.82) is 0 Å². The molecule has 0 saturated heterocycles. The SMILES string of the molecule is CC[Si](CC)(CC)OC(=O)C1CC2CC1C1C2C2C=CC1(C)C2. The van der Waals surface area contributed by atoms with Gasteiger partial charge < -0.3 is 4.43 Å². The molecule has 3 fully saturated rings. The summed E-state index contributed by atoms with van der Waals surface area (Å²) in [6, 6.07) is 3.21. The quantitative estimate of drug-likeness (QED) is 0.401. The highest BCUT2D eigenvalue weighted by Gasteiger charge is 2.66. The third-order valence-corrected chi connectivity index (χ3v) is 12.8. The third-order valence-electron chi connectivity index (χ3n) is 8.28. The lowest BCUT2D eigenvalue weighted by molar-refractivity contribution is -0.143. The second-order valence-electron chi connectivity index (χ2n) is 9.00. The molecule has 0 aromatic rings. The van der Waals surface area contributed by atoms with Crippen LogP contribution >= 0.6 is 0 Å². The van der Waals surface area contributed by atoms with Gasteiger partial charge in [0.05, 0.1) is 5.92 Å². The molecule has 7 atom stereocenters. The van der Waals surface area contributed by atoms with Crippen molar-refractivity contribution in [2.45, 2.75) is 65.1 Å². The van der Waals surface area contributed by atoms with Crippen molar-refractivity contribution in [3.63, 3.8) is 0 Å². The van der Waals surface area contributed by atoms with Gasteiger partial charge in [0.25, 0.3) is 14.3 Å². The van der Waals surface area contributed by atoms with Crippen molar-refractivity contribution < 1.29 is 9.22 Å². The summed E-state index contributed by atoms with van der Waals surface area (Å²) >= 11 is 0. The highest BCUT2D eigenvalue weighted by molar-refractivity contribution is 6.74. The first kappa shape index (κ1) is 15.9. The van der Waals surface area contributed by atoms with E-state index in [1.54, 1.807) is 0 Å². The van der Waals surface area contributed by atoms with E-state index in [4.69, 9.17) is 4.43 Å². The maximum atomic E-state index is 13.0. The number of carbonyl (C=O) groups excluding carboxylic acids is 1. The van der Waals surface area contributed by atoms with Crippen molar-refractivity contribution in [2.75, 3.05) is 0 Å². The lowest BCUT2D eigenvalue weighted by atomic mass is 9.65. The molecular weight excluding hydrogens is 300 g/mol. The van der Waals surface area contributed by atoms with E-state index < -0.39 is 8.32 Å². The fourth-order valence-corrected chi connectivity index (χ4v) is 9.48. The van der Waals surface area contributed by atoms with E-state index in [0.717, 1.165) is 48.2 Å². The van der Waals surface area contributed by atoms with Crippen LogP contribution in [0.3, 0.4) is 0 Å². The minimum absolute atomic E-state index is 0.184. The minimum Gasteiger partial charge on any atom is -0.519 e. The Morgan fingerprint density at radius 2 is 1.91 bits per heavy atom. The smallest absolute Gasteiger partial charge is 0.295 e. The maximum absolute atomic E-state index is 13.0. The molecule has 0 aromatic carbocycles. The molecule has 3 saturated carbocycles. The average Bonchev–Trinajstić information content (AvgIpc) is 3.29. The number of fused-ring (bicyclic) bond motifs is 9. The monoisotopic (exact) mass is 332 g/mol. The molecule has 0 amide bonds. The van der Waals surface area contributed by atoms with Crippen LogP contribution in [0.4, 0.5) is 0 Å². The first-order chi connectivity index (χ1) is 11.0. The Bertz CT molecular complexity index is 529. The molecule has 4 aliphatic rings. The summed E-state index contributed by atoms with van der Waals surface area (Å²) in [6.07, 6.45) is 8.71. The summed E-state index contributed by atoms with van der Waals surface area (Å²) in [6.45, 7) is 9.09. The van der Waals surface area contributed by atoms with E-state index in [9.17, 15) is 4.79 Å². The lowest BCUT2D eigenvalue weighted by Crippen LogP contribution is -2.44. The van der Waals surface area contributed by atoms with Crippen LogP contribution in [0.15, 0.2) is 12.2 Å². The van der Waals surface area contributed by atoms with Crippen LogP contribution < -0.4 is 0 Å². The Labute approximate surface area is 142 Å². The molecule has 0 radical (unpaired) electrons. The van der Waals surface area contributed by atoms with E-state index in [1.807, 2.05) is 0 Å². The summed E-state index contributed by atoms with van der Waals surface area (Å²) < 4.78 is 6.27. The number of hydrogen-bond acceptors (Lipinski definition) is 2. The Morgan fingerprint density at radius 3 is 2.57 bits per heavy atom. The molecule has 0 aromatic heterocycles. The van der Waals surface area contributed by atoms with Crippen LogP contribution in [0, 0.1) is 40.9 Å². The summed E-state index contributed by atoms with van der Waals surface area (Å²) in [5, 5.41) is 0. The van der Waals surface area contributed by atoms with Crippen LogP contribution in [0.2, 0.25) is 18.1 Å². The van der Waals surface area contributed by atoms with Crippen LogP contribution in [0.25, 0.3) is 0 Å². The molecule has 0 heterocycles. The third kappa shape index (κ3) is 2.08. The van der Waals surface area contributed by atoms with Gasteiger partial charge in [0.1, 0.15) is 0 Å². The van der Waals surface area contributed by atoms with E-state index in [0.29, 0.717) is 11.3 Å². The first-order valence-corrected chi connectivity index (χ1v) is 12.4. The van der Waals surface area contributed by atoms with Gasteiger partial charge in [-0.05, 0) is 72.4 Å². The van der Waals surface area contributed by atoms with Crippen molar-refractivity contribution >= 4 is 14.3 Å². The normalized spacial score (nSPS) is 46.4. The van der Waals surface area contributed by atoms with Gasteiger partial charge in [-0.15, -0.1) is 0 Å². The second-order valence-corrected chi connectivity index (χ2v) is 13.7. The number of allylic oxidation sites excluding steroid dienone is 2. The van der Waals surface area contributed by atoms with Gasteiger partial charge in [-0.25, -0.2) is 0 Å². The van der Waals surface area contributed by atoms with Gasteiger partial charge in [0.2, 0.25) is 0 Å². The summed E-state index contributed by atoms with van der Waals surface area (Å²) in [7, 11) is -1.81. The molecule has 3 heteroatoms. The fraction of sp³-hybridized carbons (Fsp3) is 0.850. The first-order valence-electron chi connectivity index (χ1n) is 9.89. The average molecular weight is 333 g/mol. The van der Waals surface area contributed by atoms with E-state index in [-0.39, 0.29) is 11.9 Å². The van der Waals surface area contributed by atoms with Crippen molar-refractivity contribution in [2.24, 2.45) is 40.9 Å². The van der Waals surface area contributed by atoms with E-state index in [1.165, 1.54) is 12.8 Å². The minimum atomic E-state index is -1.81. The molecule has 0 aliphatic heterocycles. The molecule has 0 N–H and O–H groups in total. The second kappa shape index (κ2) is 5.21. The van der Waals surface area contributed by atoms with Gasteiger partial charge >= 0.3 is 0 Å². The van der Waals surface area contributed by atoms with Crippen LogP contribution in [-0.4, -0.2) is 14.3 Å². The lowest BCUT2D eigenvalue weighted by Gasteiger charge is -2.41. The standard InChI is InChI=1S/C20H32O2Si/c1-5-23(6-2,7-3)22-19(21)16-11-14-10-15(16)18-17(14)13-8-9-20(18,4)12-13/h8-9,13-18H,5-7,10-12H2,1-4H3. The predicted octanol–water partition coefficient (Wildman–Crippen LogP) is 5.02. The van der Waals surface area contributed by atoms with Gasteiger partial charge in [-0.3, -0.25) is 4.79 Å². The zero-order chi connectivity index (χ0) is 16.4. The van der Waals surface area contributed by atoms with Crippen LogP contribution in [0.1, 0.15) is 47.0 Å². The maximum Gasteiger partial charge on any atom is 0.295 e. The van der Waals surface area contributed by atoms with E-state index in [2.05, 4.69) is 39.8 Å². The highest BCUT2D eigenvalue weighted by atomic mass is 28.4. The molecule has 2 nitrogen and oxygen atoms in total. The van der Waals surface area contributed by atoms with Gasteiger partial charge in [-0.1, -0.05) is 39.8 Å². The van der Waals surface area contributed by atoms with Crippen molar-refractivity contribution in [1.82, 2.24) is 0 Å². The van der Waals surface area contributed by atoms with E-state index >= 15 is 0 Å². The van der Waals surface area contributed by atoms with Gasteiger partial charge in [0.15, 0.2) is 0 Å². The molecule has 0 spiro atoms. The van der Waals surface area contributed by atoms with Crippen molar-refractivity contribution in [3.05, 3.63) is 12.2 Å². The van der Waals surface area contributed by atoms with Crippen LogP contribution in [0.5, 0.6) is 0 Å². The van der Waals surface area contributed by atoms with Gasteiger partial charge in [0, 0.05) is 0 Å². The Hall–Kier alpha value is -0.573. The fourth-order valence-electron chi connectivity index (χ4n) is 6.97. The van der Waals surface area contributed by atoms with Crippen LogP contribution in [-0.2, 0) is 9.22 Å². The molecule has 4 aliphatic carbocycles. The molecule has 23 heavy (non-hydrogen) atoms. The largest absolute Gasteiger partial charge is 0.519 e. The Balaban J connectivity index is 1.52. The zero-order valence-electron chi connectivity index (χ0n) is 15.2. The summed E-state index contributed by atoms with van der Waals surface area (Å²) in [5.41, 5.74) is 0.377. The predicted molar refractivity (Wildman–Crippen MR) is 95.3 cm³/mol. The topological polar surface area (TPSA) is 26.3 Å². The molecule has 7 unspecified atom stereocenters. The number of carbonyl (C=O) groups is 1. The molecular formula is C20H32O2Si. The number of hydrogen-bond donors (Lipinski definition) is 0. The summed E-state index contributed by atoms with van der Waals surface area (Å²) in [5.74, 6) is 4.24. The van der Waals surface area contributed by atoms with Gasteiger partial charge in [-0.2, -0.15) is 0 Å². The Kier molecular flexibility index (Phi) is 3.61. The molecule has 4 rings (SSSR count). The highest BCUT2D eigenvalue weighted by Crippen LogP contribution is 2.71. The zero-order valence-corrected chi connectivity index (χ0v) is 16.2. The Morgan fingerprint density at radius 1 is 1.22 bits per heavy atom. The number of rotatable bonds is 5.